The fourth-order valence-electron chi connectivity index (χ4n) is 3.26. The monoisotopic (exact) mass is 420 g/mol. The molecule has 4 rings (SSSR count). The summed E-state index contributed by atoms with van der Waals surface area (Å²) < 4.78 is 2.84. The Labute approximate surface area is 164 Å². The molecule has 4 nitrogen and oxygen atoms in total. The lowest BCUT2D eigenvalue weighted by Gasteiger charge is -2.15. The number of nitrogens with one attached hydrogen (secondary N) is 1. The number of nitrogens with zero attached hydrogens (tertiary/aromatic N) is 1. The molecule has 0 aliphatic carbocycles. The Morgan fingerprint density at radius 1 is 0.963 bits per heavy atom. The molecule has 0 aliphatic rings. The standard InChI is InChI=1S/C22H17BrN2O2/c1-14-10-11-15(12-18(14)23)24-21(26)13-25-19-8-4-2-6-16(19)22(27)17-7-3-5-9-20(17)25/h2-12H,13H2,1H3,(H,24,26). The first-order valence-corrected chi connectivity index (χ1v) is 9.40. The van der Waals surface area contributed by atoms with Crippen LogP contribution in [0.2, 0.25) is 0 Å². The van der Waals surface area contributed by atoms with Gasteiger partial charge in [-0.3, -0.25) is 9.59 Å². The van der Waals surface area contributed by atoms with Crippen molar-refractivity contribution in [2.45, 2.75) is 13.5 Å². The first-order valence-electron chi connectivity index (χ1n) is 8.61. The Morgan fingerprint density at radius 3 is 2.15 bits per heavy atom. The second-order valence-corrected chi connectivity index (χ2v) is 7.32. The van der Waals surface area contributed by atoms with Crippen molar-refractivity contribution in [3.63, 3.8) is 0 Å². The Morgan fingerprint density at radius 2 is 1.56 bits per heavy atom. The molecule has 0 radical (unpaired) electrons. The average Bonchev–Trinajstić information content (AvgIpc) is 2.68. The highest BCUT2D eigenvalue weighted by Gasteiger charge is 2.13. The number of carbonyl (C=O) groups is 1. The van der Waals surface area contributed by atoms with E-state index in [0.29, 0.717) is 10.8 Å². The van der Waals surface area contributed by atoms with Crippen LogP contribution in [0.1, 0.15) is 5.56 Å². The van der Waals surface area contributed by atoms with Crippen LogP contribution in [0, 0.1) is 6.92 Å². The van der Waals surface area contributed by atoms with Crippen LogP contribution in [0.25, 0.3) is 21.8 Å². The van der Waals surface area contributed by atoms with E-state index in [1.54, 1.807) is 12.1 Å². The molecule has 1 aromatic heterocycles. The Balaban J connectivity index is 1.78. The summed E-state index contributed by atoms with van der Waals surface area (Å²) >= 11 is 3.48. The van der Waals surface area contributed by atoms with Crippen LogP contribution in [-0.4, -0.2) is 10.5 Å². The molecule has 0 spiro atoms. The first-order chi connectivity index (χ1) is 13.0. The largest absolute Gasteiger partial charge is 0.331 e. The van der Waals surface area contributed by atoms with Gasteiger partial charge in [-0.1, -0.05) is 46.3 Å². The molecule has 1 amide bonds. The van der Waals surface area contributed by atoms with Gasteiger partial charge in [0.2, 0.25) is 5.91 Å². The molecule has 0 bridgehead atoms. The molecular formula is C22H17BrN2O2. The number of amides is 1. The van der Waals surface area contributed by atoms with E-state index < -0.39 is 0 Å². The zero-order valence-corrected chi connectivity index (χ0v) is 16.3. The third-order valence-electron chi connectivity index (χ3n) is 4.64. The van der Waals surface area contributed by atoms with E-state index in [-0.39, 0.29) is 17.9 Å². The average molecular weight is 421 g/mol. The number of benzene rings is 3. The Hall–Kier alpha value is -2.92. The molecule has 3 aromatic carbocycles. The number of fused-ring (bicyclic) bond motifs is 2. The topological polar surface area (TPSA) is 51.1 Å². The molecule has 1 heterocycles. The molecule has 0 fully saturated rings. The maximum absolute atomic E-state index is 12.8. The van der Waals surface area contributed by atoms with Crippen molar-refractivity contribution in [1.82, 2.24) is 4.57 Å². The van der Waals surface area contributed by atoms with Crippen molar-refractivity contribution in [1.29, 1.82) is 0 Å². The highest BCUT2D eigenvalue weighted by atomic mass is 79.9. The lowest BCUT2D eigenvalue weighted by molar-refractivity contribution is -0.116. The second kappa shape index (κ2) is 7.00. The van der Waals surface area contributed by atoms with Crippen LogP contribution >= 0.6 is 15.9 Å². The normalized spacial score (nSPS) is 11.0. The van der Waals surface area contributed by atoms with E-state index in [2.05, 4.69) is 21.2 Å². The van der Waals surface area contributed by atoms with E-state index in [4.69, 9.17) is 0 Å². The number of aryl methyl sites for hydroxylation is 1. The van der Waals surface area contributed by atoms with Crippen molar-refractivity contribution in [2.24, 2.45) is 0 Å². The lowest BCUT2D eigenvalue weighted by Crippen LogP contribution is -2.21. The van der Waals surface area contributed by atoms with Crippen molar-refractivity contribution < 1.29 is 4.79 Å². The zero-order valence-electron chi connectivity index (χ0n) is 14.7. The summed E-state index contributed by atoms with van der Waals surface area (Å²) in [6.45, 7) is 2.11. The molecule has 0 atom stereocenters. The van der Waals surface area contributed by atoms with Crippen molar-refractivity contribution in [3.8, 4) is 0 Å². The summed E-state index contributed by atoms with van der Waals surface area (Å²) in [7, 11) is 0. The van der Waals surface area contributed by atoms with Gasteiger partial charge in [-0.05, 0) is 48.9 Å². The zero-order chi connectivity index (χ0) is 19.0. The molecule has 5 heteroatoms. The highest BCUT2D eigenvalue weighted by molar-refractivity contribution is 9.10. The Kier molecular flexibility index (Phi) is 4.54. The van der Waals surface area contributed by atoms with Gasteiger partial charge < -0.3 is 9.88 Å². The van der Waals surface area contributed by atoms with Gasteiger partial charge >= 0.3 is 0 Å². The van der Waals surface area contributed by atoms with Crippen LogP contribution < -0.4 is 10.7 Å². The second-order valence-electron chi connectivity index (χ2n) is 6.46. The maximum atomic E-state index is 12.8. The molecule has 0 aliphatic heterocycles. The predicted molar refractivity (Wildman–Crippen MR) is 113 cm³/mol. The molecule has 134 valence electrons. The minimum Gasteiger partial charge on any atom is -0.331 e. The number of halogens is 1. The minimum absolute atomic E-state index is 0.0136. The molecule has 0 saturated heterocycles. The number of hydrogen-bond donors (Lipinski definition) is 1. The molecule has 27 heavy (non-hydrogen) atoms. The first kappa shape index (κ1) is 17.5. The summed E-state index contributed by atoms with van der Waals surface area (Å²) in [5.74, 6) is -0.148. The van der Waals surface area contributed by atoms with E-state index >= 15 is 0 Å². The number of hydrogen-bond acceptors (Lipinski definition) is 2. The third-order valence-corrected chi connectivity index (χ3v) is 5.49. The van der Waals surface area contributed by atoms with Gasteiger partial charge in [0, 0.05) is 20.9 Å². The molecule has 1 N–H and O–H groups in total. The quantitative estimate of drug-likeness (QED) is 0.480. The SMILES string of the molecule is Cc1ccc(NC(=O)Cn2c3ccccc3c(=O)c3ccccc32)cc1Br. The van der Waals surface area contributed by atoms with Gasteiger partial charge in [0.15, 0.2) is 5.43 Å². The number of carbonyl (C=O) groups excluding carboxylic acids is 1. The number of pyridine rings is 1. The van der Waals surface area contributed by atoms with E-state index in [9.17, 15) is 9.59 Å². The smallest absolute Gasteiger partial charge is 0.244 e. The van der Waals surface area contributed by atoms with Gasteiger partial charge in [0.05, 0.1) is 11.0 Å². The van der Waals surface area contributed by atoms with Crippen LogP contribution in [0.5, 0.6) is 0 Å². The Bertz CT molecular complexity index is 1180. The predicted octanol–water partition coefficient (Wildman–Crippen LogP) is 4.86. The minimum atomic E-state index is -0.148. The fraction of sp³-hybridized carbons (Fsp3) is 0.0909. The summed E-state index contributed by atoms with van der Waals surface area (Å²) in [6, 6.07) is 20.5. The van der Waals surface area contributed by atoms with Crippen molar-refractivity contribution in [3.05, 3.63) is 87.0 Å². The maximum Gasteiger partial charge on any atom is 0.244 e. The lowest BCUT2D eigenvalue weighted by atomic mass is 10.1. The van der Waals surface area contributed by atoms with E-state index in [1.165, 1.54) is 0 Å². The summed E-state index contributed by atoms with van der Waals surface area (Å²) in [5.41, 5.74) is 3.32. The fourth-order valence-corrected chi connectivity index (χ4v) is 3.64. The van der Waals surface area contributed by atoms with Crippen LogP contribution in [-0.2, 0) is 11.3 Å². The van der Waals surface area contributed by atoms with E-state index in [1.807, 2.05) is 66.1 Å². The highest BCUT2D eigenvalue weighted by Crippen LogP contribution is 2.22. The summed E-state index contributed by atoms with van der Waals surface area (Å²) in [6.07, 6.45) is 0. The third kappa shape index (κ3) is 3.26. The molecule has 0 saturated carbocycles. The summed E-state index contributed by atoms with van der Waals surface area (Å²) in [5, 5.41) is 4.16. The van der Waals surface area contributed by atoms with Crippen LogP contribution in [0.3, 0.4) is 0 Å². The van der Waals surface area contributed by atoms with Gasteiger partial charge in [0.25, 0.3) is 0 Å². The molecule has 0 unspecified atom stereocenters. The number of anilines is 1. The van der Waals surface area contributed by atoms with Gasteiger partial charge in [-0.2, -0.15) is 0 Å². The number of rotatable bonds is 3. The van der Waals surface area contributed by atoms with Gasteiger partial charge in [0.1, 0.15) is 6.54 Å². The van der Waals surface area contributed by atoms with E-state index in [0.717, 1.165) is 26.8 Å². The van der Waals surface area contributed by atoms with Crippen molar-refractivity contribution in [2.75, 3.05) is 5.32 Å². The van der Waals surface area contributed by atoms with Gasteiger partial charge in [-0.15, -0.1) is 0 Å². The molecule has 4 aromatic rings. The molecular weight excluding hydrogens is 404 g/mol. The van der Waals surface area contributed by atoms with Crippen LogP contribution in [0.4, 0.5) is 5.69 Å². The number of para-hydroxylation sites is 2. The van der Waals surface area contributed by atoms with Crippen LogP contribution in [0.15, 0.2) is 76.0 Å². The summed E-state index contributed by atoms with van der Waals surface area (Å²) in [4.78, 5) is 25.5. The van der Waals surface area contributed by atoms with Crippen molar-refractivity contribution >= 4 is 49.3 Å². The van der Waals surface area contributed by atoms with Gasteiger partial charge in [-0.25, -0.2) is 0 Å². The number of aromatic nitrogens is 1.